The van der Waals surface area contributed by atoms with Gasteiger partial charge in [0.05, 0.1) is 0 Å². The summed E-state index contributed by atoms with van der Waals surface area (Å²) in [6.45, 7) is 0. The summed E-state index contributed by atoms with van der Waals surface area (Å²) in [5.74, 6) is 1.95. The third-order valence-electron chi connectivity index (χ3n) is 2.67. The molecule has 0 bridgehead atoms. The lowest BCUT2D eigenvalue weighted by molar-refractivity contribution is 0.420. The molecule has 1 fully saturated rings. The van der Waals surface area contributed by atoms with Crippen molar-refractivity contribution in [2.45, 2.75) is 19.3 Å². The van der Waals surface area contributed by atoms with Crippen molar-refractivity contribution in [1.29, 1.82) is 5.26 Å². The molecule has 80 valence electrons. The van der Waals surface area contributed by atoms with Gasteiger partial charge in [-0.3, -0.25) is 0 Å². The number of nitriles is 1. The van der Waals surface area contributed by atoms with Crippen LogP contribution in [0.25, 0.3) is 11.6 Å². The standard InChI is InChI=1S/C11H10N4O/c12-6-8-3-4-9(13-8)11-14-10(15-16-11)5-7-1-2-7/h3-4,7,13H,1-2,5H2. The van der Waals surface area contributed by atoms with Crippen LogP contribution in [-0.4, -0.2) is 15.1 Å². The molecule has 0 atom stereocenters. The number of rotatable bonds is 3. The SMILES string of the molecule is N#Cc1ccc(-c2nc(CC3CC3)no2)[nH]1. The molecule has 3 rings (SSSR count). The molecule has 16 heavy (non-hydrogen) atoms. The number of H-pyrrole nitrogens is 1. The quantitative estimate of drug-likeness (QED) is 0.846. The maximum atomic E-state index is 8.68. The highest BCUT2D eigenvalue weighted by Gasteiger charge is 2.24. The van der Waals surface area contributed by atoms with Gasteiger partial charge in [-0.1, -0.05) is 5.16 Å². The summed E-state index contributed by atoms with van der Waals surface area (Å²) in [5, 5.41) is 12.6. The van der Waals surface area contributed by atoms with Crippen LogP contribution in [0, 0.1) is 17.2 Å². The van der Waals surface area contributed by atoms with E-state index in [2.05, 4.69) is 15.1 Å². The van der Waals surface area contributed by atoms with Gasteiger partial charge < -0.3 is 9.51 Å². The van der Waals surface area contributed by atoms with E-state index < -0.39 is 0 Å². The first-order valence-corrected chi connectivity index (χ1v) is 5.27. The molecule has 2 heterocycles. The van der Waals surface area contributed by atoms with Gasteiger partial charge in [-0.05, 0) is 30.9 Å². The zero-order valence-corrected chi connectivity index (χ0v) is 8.60. The van der Waals surface area contributed by atoms with Gasteiger partial charge in [0.2, 0.25) is 0 Å². The van der Waals surface area contributed by atoms with Crippen LogP contribution in [0.15, 0.2) is 16.7 Å². The summed E-state index contributed by atoms with van der Waals surface area (Å²) in [6, 6.07) is 5.49. The molecule has 0 unspecified atom stereocenters. The molecule has 2 aromatic heterocycles. The van der Waals surface area contributed by atoms with Crippen molar-refractivity contribution < 1.29 is 4.52 Å². The minimum Gasteiger partial charge on any atom is -0.342 e. The lowest BCUT2D eigenvalue weighted by Gasteiger charge is -1.86. The second-order valence-electron chi connectivity index (χ2n) is 4.06. The van der Waals surface area contributed by atoms with Crippen LogP contribution in [0.5, 0.6) is 0 Å². The molecule has 0 aliphatic heterocycles. The van der Waals surface area contributed by atoms with Crippen LogP contribution in [0.2, 0.25) is 0 Å². The molecule has 1 N–H and O–H groups in total. The fraction of sp³-hybridized carbons (Fsp3) is 0.364. The lowest BCUT2D eigenvalue weighted by atomic mass is 10.3. The number of aromatic nitrogens is 3. The number of aromatic amines is 1. The summed E-state index contributed by atoms with van der Waals surface area (Å²) < 4.78 is 5.14. The average Bonchev–Trinajstić information content (AvgIpc) is 2.83. The summed E-state index contributed by atoms with van der Waals surface area (Å²) >= 11 is 0. The van der Waals surface area contributed by atoms with Crippen LogP contribution in [0.4, 0.5) is 0 Å². The molecule has 0 spiro atoms. The van der Waals surface area contributed by atoms with Gasteiger partial charge in [0.15, 0.2) is 5.82 Å². The van der Waals surface area contributed by atoms with Crippen LogP contribution in [0.1, 0.15) is 24.4 Å². The van der Waals surface area contributed by atoms with Gasteiger partial charge in [-0.15, -0.1) is 0 Å². The summed E-state index contributed by atoms with van der Waals surface area (Å²) in [4.78, 5) is 7.19. The number of hydrogen-bond acceptors (Lipinski definition) is 4. The van der Waals surface area contributed by atoms with E-state index in [1.807, 2.05) is 6.07 Å². The topological polar surface area (TPSA) is 78.5 Å². The molecule has 0 aromatic carbocycles. The molecule has 0 radical (unpaired) electrons. The summed E-state index contributed by atoms with van der Waals surface area (Å²) in [5.41, 5.74) is 1.20. The highest BCUT2D eigenvalue weighted by atomic mass is 16.5. The van der Waals surface area contributed by atoms with Crippen molar-refractivity contribution in [2.75, 3.05) is 0 Å². The number of nitrogens with one attached hydrogen (secondary N) is 1. The number of nitrogens with zero attached hydrogens (tertiary/aromatic N) is 3. The van der Waals surface area contributed by atoms with Crippen molar-refractivity contribution in [1.82, 2.24) is 15.1 Å². The molecule has 2 aromatic rings. The van der Waals surface area contributed by atoms with Crippen molar-refractivity contribution in [3.8, 4) is 17.7 Å². The van der Waals surface area contributed by atoms with E-state index in [0.29, 0.717) is 17.3 Å². The number of hydrogen-bond donors (Lipinski definition) is 1. The van der Waals surface area contributed by atoms with Crippen LogP contribution < -0.4 is 0 Å². The summed E-state index contributed by atoms with van der Waals surface area (Å²) in [6.07, 6.45) is 3.44. The Bertz CT molecular complexity index is 544. The largest absolute Gasteiger partial charge is 0.342 e. The van der Waals surface area contributed by atoms with E-state index in [0.717, 1.165) is 18.2 Å². The molecular formula is C11H10N4O. The molecule has 1 aliphatic rings. The first kappa shape index (κ1) is 9.16. The highest BCUT2D eigenvalue weighted by Crippen LogP contribution is 2.32. The maximum absolute atomic E-state index is 8.68. The summed E-state index contributed by atoms with van der Waals surface area (Å²) in [7, 11) is 0. The Morgan fingerprint density at radius 1 is 1.50 bits per heavy atom. The Kier molecular flexibility index (Phi) is 2.00. The third-order valence-corrected chi connectivity index (χ3v) is 2.67. The monoisotopic (exact) mass is 214 g/mol. The molecule has 1 saturated carbocycles. The molecule has 5 nitrogen and oxygen atoms in total. The van der Waals surface area contributed by atoms with Crippen molar-refractivity contribution in [3.05, 3.63) is 23.7 Å². The van der Waals surface area contributed by atoms with E-state index in [1.54, 1.807) is 12.1 Å². The maximum Gasteiger partial charge on any atom is 0.274 e. The van der Waals surface area contributed by atoms with Crippen molar-refractivity contribution in [3.63, 3.8) is 0 Å². The second kappa shape index (κ2) is 3.49. The van der Waals surface area contributed by atoms with Gasteiger partial charge in [0, 0.05) is 6.42 Å². The Labute approximate surface area is 92.1 Å². The first-order valence-electron chi connectivity index (χ1n) is 5.27. The van der Waals surface area contributed by atoms with E-state index in [-0.39, 0.29) is 0 Å². The minimum atomic E-state index is 0.456. The van der Waals surface area contributed by atoms with Crippen LogP contribution in [-0.2, 0) is 6.42 Å². The second-order valence-corrected chi connectivity index (χ2v) is 4.06. The van der Waals surface area contributed by atoms with E-state index in [9.17, 15) is 0 Å². The molecule has 0 saturated heterocycles. The molecule has 0 amide bonds. The lowest BCUT2D eigenvalue weighted by Crippen LogP contribution is -1.89. The zero-order chi connectivity index (χ0) is 11.0. The Balaban J connectivity index is 1.82. The van der Waals surface area contributed by atoms with E-state index in [1.165, 1.54) is 12.8 Å². The first-order chi connectivity index (χ1) is 7.85. The fourth-order valence-electron chi connectivity index (χ4n) is 1.61. The van der Waals surface area contributed by atoms with E-state index in [4.69, 9.17) is 9.78 Å². The van der Waals surface area contributed by atoms with Crippen molar-refractivity contribution >= 4 is 0 Å². The average molecular weight is 214 g/mol. The zero-order valence-electron chi connectivity index (χ0n) is 8.60. The molecule has 1 aliphatic carbocycles. The van der Waals surface area contributed by atoms with Gasteiger partial charge >= 0.3 is 0 Å². The van der Waals surface area contributed by atoms with Crippen LogP contribution >= 0.6 is 0 Å². The molecule has 5 heteroatoms. The Morgan fingerprint density at radius 3 is 3.06 bits per heavy atom. The van der Waals surface area contributed by atoms with E-state index >= 15 is 0 Å². The predicted molar refractivity (Wildman–Crippen MR) is 55.2 cm³/mol. The highest BCUT2D eigenvalue weighted by molar-refractivity contribution is 5.49. The Morgan fingerprint density at radius 2 is 2.38 bits per heavy atom. The minimum absolute atomic E-state index is 0.456. The normalized spacial score (nSPS) is 14.9. The Hall–Kier alpha value is -2.09. The smallest absolute Gasteiger partial charge is 0.274 e. The third kappa shape index (κ3) is 1.70. The molecular weight excluding hydrogens is 204 g/mol. The fourth-order valence-corrected chi connectivity index (χ4v) is 1.61. The van der Waals surface area contributed by atoms with Gasteiger partial charge in [0.1, 0.15) is 17.5 Å². The predicted octanol–water partition coefficient (Wildman–Crippen LogP) is 1.89. The van der Waals surface area contributed by atoms with Gasteiger partial charge in [-0.25, -0.2) is 0 Å². The van der Waals surface area contributed by atoms with Gasteiger partial charge in [0.25, 0.3) is 5.89 Å². The van der Waals surface area contributed by atoms with Crippen molar-refractivity contribution in [2.24, 2.45) is 5.92 Å². The van der Waals surface area contributed by atoms with Gasteiger partial charge in [-0.2, -0.15) is 10.2 Å². The van der Waals surface area contributed by atoms with Crippen LogP contribution in [0.3, 0.4) is 0 Å².